The van der Waals surface area contributed by atoms with Crippen LogP contribution in [0.15, 0.2) is 49.1 Å². The van der Waals surface area contributed by atoms with Gasteiger partial charge in [-0.05, 0) is 49.2 Å². The molecule has 0 spiro atoms. The van der Waals surface area contributed by atoms with Crippen LogP contribution in [0.5, 0.6) is 0 Å². The number of aliphatic carboxylic acids is 2. The zero-order chi connectivity index (χ0) is 18.8. The van der Waals surface area contributed by atoms with Gasteiger partial charge in [-0.3, -0.25) is 9.97 Å². The molecule has 0 unspecified atom stereocenters. The van der Waals surface area contributed by atoms with Gasteiger partial charge in [0.15, 0.2) is 0 Å². The third-order valence-electron chi connectivity index (χ3n) is 1.95. The Hall–Kier alpha value is -2.15. The molecular weight excluding hydrogens is 511 g/mol. The molecule has 9 heteroatoms. The molecule has 0 atom stereocenters. The van der Waals surface area contributed by atoms with Crippen molar-refractivity contribution in [3.63, 3.8) is 0 Å². The summed E-state index contributed by atoms with van der Waals surface area (Å²) in [4.78, 5) is 25.7. The number of aromatic nitrogens is 2. The number of pyridine rings is 2. The van der Waals surface area contributed by atoms with E-state index in [0.29, 0.717) is 0 Å². The van der Waals surface area contributed by atoms with Crippen LogP contribution in [0, 0.1) is 13.8 Å². The largest absolute Gasteiger partial charge is 2.00 e. The van der Waals surface area contributed by atoms with Gasteiger partial charge in [-0.15, -0.1) is 0 Å². The Morgan fingerprint density at radius 3 is 1.08 bits per heavy atom. The van der Waals surface area contributed by atoms with Crippen molar-refractivity contribution < 1.29 is 51.1 Å². The summed E-state index contributed by atoms with van der Waals surface area (Å²) in [5.74, 6) is -2.88. The number of aryl methyl sites for hydroxylation is 2. The Kier molecular flexibility index (Phi) is 22.0. The standard InChI is InChI=1S/2C6H7N.2C2H4O3.Pt/c2*1-6-2-4-7-5-3-6;2*3-1-2(4)5;/h2*2-5H,1H3;2*3H,1H2,(H,4,5);/q;;;;+2/p-2. The minimum absolute atomic E-state index is 0. The number of aliphatic hydroxyl groups excluding tert-OH is 2. The molecule has 0 bridgehead atoms. The molecule has 2 aromatic heterocycles. The fourth-order valence-electron chi connectivity index (χ4n) is 0.853. The number of hydrogen-bond donors (Lipinski definition) is 2. The van der Waals surface area contributed by atoms with Gasteiger partial charge in [0.2, 0.25) is 0 Å². The summed E-state index contributed by atoms with van der Waals surface area (Å²) in [6.07, 6.45) is 7.15. The number of carboxylic acid groups (broad SMARTS) is 2. The van der Waals surface area contributed by atoms with Crippen LogP contribution >= 0.6 is 0 Å². The Balaban J connectivity index is -0.000000259. The van der Waals surface area contributed by atoms with Crippen molar-refractivity contribution in [1.29, 1.82) is 0 Å². The minimum atomic E-state index is -1.44. The number of nitrogens with zero attached hydrogens (tertiary/aromatic N) is 2. The topological polar surface area (TPSA) is 146 Å². The smallest absolute Gasteiger partial charge is 0.548 e. The van der Waals surface area contributed by atoms with E-state index in [1.165, 1.54) is 11.1 Å². The molecular formula is C16H20N2O6Pt. The average molecular weight is 531 g/mol. The molecule has 0 saturated carbocycles. The van der Waals surface area contributed by atoms with E-state index in [0.717, 1.165) is 0 Å². The van der Waals surface area contributed by atoms with E-state index in [1.54, 1.807) is 24.8 Å². The number of carbonyl (C=O) groups excluding carboxylic acids is 2. The minimum Gasteiger partial charge on any atom is -0.548 e. The van der Waals surface area contributed by atoms with Crippen molar-refractivity contribution in [3.8, 4) is 0 Å². The number of aliphatic hydroxyl groups is 2. The summed E-state index contributed by atoms with van der Waals surface area (Å²) in [5.41, 5.74) is 2.52. The van der Waals surface area contributed by atoms with Crippen LogP contribution in [-0.4, -0.2) is 45.3 Å². The van der Waals surface area contributed by atoms with Crippen LogP contribution in [0.3, 0.4) is 0 Å². The molecule has 0 saturated heterocycles. The fraction of sp³-hybridized carbons (Fsp3) is 0.250. The summed E-state index contributed by atoms with van der Waals surface area (Å²) >= 11 is 0. The normalized spacial score (nSPS) is 7.84. The molecule has 140 valence electrons. The summed E-state index contributed by atoms with van der Waals surface area (Å²) in [6, 6.07) is 7.89. The summed E-state index contributed by atoms with van der Waals surface area (Å²) in [5, 5.41) is 33.0. The van der Waals surface area contributed by atoms with Gasteiger partial charge in [0.1, 0.15) is 0 Å². The summed E-state index contributed by atoms with van der Waals surface area (Å²) in [7, 11) is 0. The van der Waals surface area contributed by atoms with Gasteiger partial charge in [-0.25, -0.2) is 0 Å². The van der Waals surface area contributed by atoms with Crippen LogP contribution in [0.4, 0.5) is 0 Å². The van der Waals surface area contributed by atoms with E-state index in [-0.39, 0.29) is 21.1 Å². The van der Waals surface area contributed by atoms with Gasteiger partial charge in [-0.1, -0.05) is 0 Å². The van der Waals surface area contributed by atoms with Crippen molar-refractivity contribution in [2.24, 2.45) is 0 Å². The maximum absolute atomic E-state index is 9.01. The van der Waals surface area contributed by atoms with Crippen molar-refractivity contribution in [3.05, 3.63) is 60.2 Å². The number of hydrogen-bond acceptors (Lipinski definition) is 8. The SMILES string of the molecule is Cc1ccncc1.Cc1ccncc1.O=C([O-])CO.O=C([O-])CO.[Pt+2]. The monoisotopic (exact) mass is 531 g/mol. The van der Waals surface area contributed by atoms with Crippen molar-refractivity contribution in [2.75, 3.05) is 13.2 Å². The first-order valence-corrected chi connectivity index (χ1v) is 6.68. The third-order valence-corrected chi connectivity index (χ3v) is 1.95. The zero-order valence-corrected chi connectivity index (χ0v) is 16.0. The molecule has 2 aromatic rings. The van der Waals surface area contributed by atoms with Gasteiger partial charge in [0, 0.05) is 24.8 Å². The summed E-state index contributed by atoms with van der Waals surface area (Å²) in [6.45, 7) is 2.31. The summed E-state index contributed by atoms with van der Waals surface area (Å²) < 4.78 is 0. The first kappa shape index (κ1) is 27.7. The molecule has 2 heterocycles. The molecule has 8 nitrogen and oxygen atoms in total. The molecule has 25 heavy (non-hydrogen) atoms. The zero-order valence-electron chi connectivity index (χ0n) is 13.8. The van der Waals surface area contributed by atoms with Gasteiger partial charge >= 0.3 is 21.1 Å². The molecule has 2 N–H and O–H groups in total. The van der Waals surface area contributed by atoms with E-state index >= 15 is 0 Å². The average Bonchev–Trinajstić information content (AvgIpc) is 2.58. The molecule has 0 aliphatic carbocycles. The molecule has 2 rings (SSSR count). The maximum atomic E-state index is 9.01. The third kappa shape index (κ3) is 27.0. The Bertz CT molecular complexity index is 504. The van der Waals surface area contributed by atoms with Crippen molar-refractivity contribution in [2.45, 2.75) is 13.8 Å². The van der Waals surface area contributed by atoms with E-state index in [4.69, 9.17) is 30.0 Å². The molecule has 0 aromatic carbocycles. The van der Waals surface area contributed by atoms with Crippen LogP contribution in [-0.2, 0) is 30.7 Å². The fourth-order valence-corrected chi connectivity index (χ4v) is 0.853. The van der Waals surface area contributed by atoms with Crippen molar-refractivity contribution >= 4 is 11.9 Å². The quantitative estimate of drug-likeness (QED) is 0.463. The Morgan fingerprint density at radius 1 is 0.800 bits per heavy atom. The van der Waals surface area contributed by atoms with E-state index in [9.17, 15) is 0 Å². The first-order valence-electron chi connectivity index (χ1n) is 6.68. The molecule has 0 aliphatic heterocycles. The first-order chi connectivity index (χ1) is 11.3. The van der Waals surface area contributed by atoms with E-state index in [2.05, 4.69) is 9.97 Å². The maximum Gasteiger partial charge on any atom is 2.00 e. The van der Waals surface area contributed by atoms with E-state index in [1.807, 2.05) is 38.1 Å². The van der Waals surface area contributed by atoms with Crippen LogP contribution < -0.4 is 10.2 Å². The predicted octanol–water partition coefficient (Wildman–Crippen LogP) is -1.77. The Labute approximate surface area is 160 Å². The molecule has 0 radical (unpaired) electrons. The number of carboxylic acids is 2. The molecule has 0 amide bonds. The molecule has 0 aliphatic rings. The van der Waals surface area contributed by atoms with Crippen LogP contribution in [0.2, 0.25) is 0 Å². The van der Waals surface area contributed by atoms with Gasteiger partial charge in [0.25, 0.3) is 0 Å². The van der Waals surface area contributed by atoms with E-state index < -0.39 is 25.2 Å². The second-order valence-corrected chi connectivity index (χ2v) is 4.11. The molecule has 0 fully saturated rings. The second kappa shape index (κ2) is 19.9. The van der Waals surface area contributed by atoms with Gasteiger partial charge in [0.05, 0.1) is 25.2 Å². The van der Waals surface area contributed by atoms with Crippen LogP contribution in [0.25, 0.3) is 0 Å². The van der Waals surface area contributed by atoms with Gasteiger partial charge < -0.3 is 30.0 Å². The number of rotatable bonds is 2. The predicted molar refractivity (Wildman–Crippen MR) is 82.1 cm³/mol. The van der Waals surface area contributed by atoms with Crippen LogP contribution in [0.1, 0.15) is 11.1 Å². The van der Waals surface area contributed by atoms with Gasteiger partial charge in [-0.2, -0.15) is 0 Å². The Morgan fingerprint density at radius 2 is 1.00 bits per heavy atom. The second-order valence-electron chi connectivity index (χ2n) is 4.11. The number of carbonyl (C=O) groups is 2. The van der Waals surface area contributed by atoms with Crippen molar-refractivity contribution in [1.82, 2.24) is 9.97 Å².